The number of nitrogens with zero attached hydrogens (tertiary/aromatic N) is 2. The summed E-state index contributed by atoms with van der Waals surface area (Å²) in [4.78, 5) is 14.2. The molecule has 0 spiro atoms. The van der Waals surface area contributed by atoms with E-state index < -0.39 is 0 Å². The number of carbonyl (C=O) groups excluding carboxylic acids is 1. The van der Waals surface area contributed by atoms with Crippen molar-refractivity contribution in [2.75, 3.05) is 13.2 Å². The van der Waals surface area contributed by atoms with Gasteiger partial charge in [-0.3, -0.25) is 4.79 Å². The molecule has 0 aliphatic carbocycles. The SMILES string of the molecule is CCC1CCCCN1C(=O)COc1ccccc1C#N. The Morgan fingerprint density at radius 2 is 2.25 bits per heavy atom. The standard InChI is InChI=1S/C16H20N2O2/c1-2-14-8-5-6-10-18(14)16(19)12-20-15-9-4-3-7-13(15)11-17/h3-4,7,9,14H,2,5-6,8,10,12H2,1H3. The van der Waals surface area contributed by atoms with Crippen LogP contribution in [0.1, 0.15) is 38.2 Å². The molecule has 0 aromatic heterocycles. The number of hydrogen-bond donors (Lipinski definition) is 0. The van der Waals surface area contributed by atoms with Gasteiger partial charge in [0, 0.05) is 12.6 Å². The first-order valence-corrected chi connectivity index (χ1v) is 7.17. The quantitative estimate of drug-likeness (QED) is 0.846. The minimum absolute atomic E-state index is 0.00912. The lowest BCUT2D eigenvalue weighted by Gasteiger charge is -2.35. The number of nitriles is 1. The molecule has 0 saturated carbocycles. The summed E-state index contributed by atoms with van der Waals surface area (Å²) in [5.74, 6) is 0.498. The van der Waals surface area contributed by atoms with Gasteiger partial charge in [-0.2, -0.15) is 5.26 Å². The molecule has 1 aromatic rings. The van der Waals surface area contributed by atoms with Crippen molar-refractivity contribution in [3.8, 4) is 11.8 Å². The summed E-state index contributed by atoms with van der Waals surface area (Å²) >= 11 is 0. The van der Waals surface area contributed by atoms with Gasteiger partial charge in [-0.1, -0.05) is 19.1 Å². The third kappa shape index (κ3) is 3.30. The molecular formula is C16H20N2O2. The molecule has 1 aliphatic rings. The first-order valence-electron chi connectivity index (χ1n) is 7.17. The van der Waals surface area contributed by atoms with Gasteiger partial charge >= 0.3 is 0 Å². The lowest BCUT2D eigenvalue weighted by atomic mass is 10.00. The number of rotatable bonds is 4. The predicted molar refractivity (Wildman–Crippen MR) is 76.3 cm³/mol. The van der Waals surface area contributed by atoms with Crippen LogP contribution < -0.4 is 4.74 Å². The molecule has 0 radical (unpaired) electrons. The Kier molecular flexibility index (Phi) is 5.00. The van der Waals surface area contributed by atoms with E-state index in [0.717, 1.165) is 25.8 Å². The van der Waals surface area contributed by atoms with Crippen molar-refractivity contribution in [1.82, 2.24) is 4.90 Å². The Bertz CT molecular complexity index is 507. The summed E-state index contributed by atoms with van der Waals surface area (Å²) in [6, 6.07) is 9.40. The Morgan fingerprint density at radius 3 is 3.00 bits per heavy atom. The van der Waals surface area contributed by atoms with Gasteiger partial charge in [0.1, 0.15) is 11.8 Å². The second kappa shape index (κ2) is 6.95. The van der Waals surface area contributed by atoms with Crippen molar-refractivity contribution in [2.24, 2.45) is 0 Å². The summed E-state index contributed by atoms with van der Waals surface area (Å²) in [5.41, 5.74) is 0.464. The maximum atomic E-state index is 12.3. The van der Waals surface area contributed by atoms with Crippen LogP contribution in [-0.2, 0) is 4.79 Å². The molecule has 20 heavy (non-hydrogen) atoms. The lowest BCUT2D eigenvalue weighted by molar-refractivity contribution is -0.137. The topological polar surface area (TPSA) is 53.3 Å². The minimum atomic E-state index is 0.00912. The van der Waals surface area contributed by atoms with Crippen LogP contribution in [0.15, 0.2) is 24.3 Å². The highest BCUT2D eigenvalue weighted by molar-refractivity contribution is 5.78. The van der Waals surface area contributed by atoms with Crippen molar-refractivity contribution in [3.63, 3.8) is 0 Å². The molecule has 1 saturated heterocycles. The molecule has 0 N–H and O–H groups in total. The molecule has 1 atom stereocenters. The molecule has 2 rings (SSSR count). The monoisotopic (exact) mass is 272 g/mol. The highest BCUT2D eigenvalue weighted by Crippen LogP contribution is 2.21. The van der Waals surface area contributed by atoms with Crippen molar-refractivity contribution in [3.05, 3.63) is 29.8 Å². The average molecular weight is 272 g/mol. The van der Waals surface area contributed by atoms with E-state index in [1.54, 1.807) is 24.3 Å². The Balaban J connectivity index is 1.96. The molecule has 1 amide bonds. The number of hydrogen-bond acceptors (Lipinski definition) is 3. The number of ether oxygens (including phenoxy) is 1. The fraction of sp³-hybridized carbons (Fsp3) is 0.500. The van der Waals surface area contributed by atoms with Crippen molar-refractivity contribution < 1.29 is 9.53 Å². The number of benzene rings is 1. The van der Waals surface area contributed by atoms with E-state index >= 15 is 0 Å². The average Bonchev–Trinajstić information content (AvgIpc) is 2.52. The summed E-state index contributed by atoms with van der Waals surface area (Å²) in [6.45, 7) is 2.94. The molecule has 1 aromatic carbocycles. The fourth-order valence-corrected chi connectivity index (χ4v) is 2.66. The van der Waals surface area contributed by atoms with Crippen LogP contribution in [0.3, 0.4) is 0 Å². The van der Waals surface area contributed by atoms with E-state index in [2.05, 4.69) is 13.0 Å². The van der Waals surface area contributed by atoms with E-state index in [9.17, 15) is 4.79 Å². The van der Waals surface area contributed by atoms with Gasteiger partial charge in [-0.25, -0.2) is 0 Å². The van der Waals surface area contributed by atoms with Gasteiger partial charge in [0.15, 0.2) is 6.61 Å². The first-order chi connectivity index (χ1) is 9.76. The zero-order chi connectivity index (χ0) is 14.4. The lowest BCUT2D eigenvalue weighted by Crippen LogP contribution is -2.45. The van der Waals surface area contributed by atoms with Gasteiger partial charge < -0.3 is 9.64 Å². The number of carbonyl (C=O) groups is 1. The van der Waals surface area contributed by atoms with E-state index in [1.807, 2.05) is 4.90 Å². The summed E-state index contributed by atoms with van der Waals surface area (Å²) in [5, 5.41) is 8.99. The molecule has 1 unspecified atom stereocenters. The van der Waals surface area contributed by atoms with E-state index in [4.69, 9.17) is 10.00 Å². The van der Waals surface area contributed by atoms with Crippen LogP contribution in [0.2, 0.25) is 0 Å². The predicted octanol–water partition coefficient (Wildman–Crippen LogP) is 2.73. The van der Waals surface area contributed by atoms with E-state index in [0.29, 0.717) is 17.4 Å². The molecule has 1 heterocycles. The van der Waals surface area contributed by atoms with Gasteiger partial charge in [-0.05, 0) is 37.8 Å². The fourth-order valence-electron chi connectivity index (χ4n) is 2.66. The number of piperidine rings is 1. The third-order valence-corrected chi connectivity index (χ3v) is 3.78. The van der Waals surface area contributed by atoms with Gasteiger partial charge in [0.2, 0.25) is 0 Å². The summed E-state index contributed by atoms with van der Waals surface area (Å²) < 4.78 is 5.52. The Morgan fingerprint density at radius 1 is 1.45 bits per heavy atom. The molecular weight excluding hydrogens is 252 g/mol. The first kappa shape index (κ1) is 14.4. The second-order valence-electron chi connectivity index (χ2n) is 5.04. The van der Waals surface area contributed by atoms with Crippen LogP contribution in [0.5, 0.6) is 5.75 Å². The van der Waals surface area contributed by atoms with Crippen molar-refractivity contribution in [2.45, 2.75) is 38.6 Å². The number of amides is 1. The second-order valence-corrected chi connectivity index (χ2v) is 5.04. The normalized spacial score (nSPS) is 18.4. The molecule has 1 fully saturated rings. The highest BCUT2D eigenvalue weighted by Gasteiger charge is 2.25. The minimum Gasteiger partial charge on any atom is -0.482 e. The van der Waals surface area contributed by atoms with Crippen LogP contribution >= 0.6 is 0 Å². The summed E-state index contributed by atoms with van der Waals surface area (Å²) in [7, 11) is 0. The molecule has 106 valence electrons. The molecule has 0 bridgehead atoms. The zero-order valence-electron chi connectivity index (χ0n) is 11.8. The van der Waals surface area contributed by atoms with Crippen LogP contribution in [0, 0.1) is 11.3 Å². The zero-order valence-corrected chi connectivity index (χ0v) is 11.8. The van der Waals surface area contributed by atoms with E-state index in [-0.39, 0.29) is 12.5 Å². The van der Waals surface area contributed by atoms with Crippen LogP contribution in [-0.4, -0.2) is 30.0 Å². The van der Waals surface area contributed by atoms with Crippen molar-refractivity contribution in [1.29, 1.82) is 5.26 Å². The maximum Gasteiger partial charge on any atom is 0.260 e. The maximum absolute atomic E-state index is 12.3. The summed E-state index contributed by atoms with van der Waals surface area (Å²) in [6.07, 6.45) is 4.33. The Hall–Kier alpha value is -2.02. The van der Waals surface area contributed by atoms with Crippen molar-refractivity contribution >= 4 is 5.91 Å². The Labute approximate surface area is 120 Å². The van der Waals surface area contributed by atoms with Gasteiger partial charge in [0.05, 0.1) is 5.56 Å². The van der Waals surface area contributed by atoms with Crippen LogP contribution in [0.25, 0.3) is 0 Å². The van der Waals surface area contributed by atoms with Gasteiger partial charge in [-0.15, -0.1) is 0 Å². The largest absolute Gasteiger partial charge is 0.482 e. The highest BCUT2D eigenvalue weighted by atomic mass is 16.5. The molecule has 1 aliphatic heterocycles. The van der Waals surface area contributed by atoms with E-state index in [1.165, 1.54) is 6.42 Å². The number of likely N-dealkylation sites (tertiary alicyclic amines) is 1. The third-order valence-electron chi connectivity index (χ3n) is 3.78. The smallest absolute Gasteiger partial charge is 0.260 e. The van der Waals surface area contributed by atoms with Gasteiger partial charge in [0.25, 0.3) is 5.91 Å². The number of para-hydroxylation sites is 1. The molecule has 4 nitrogen and oxygen atoms in total. The molecule has 4 heteroatoms. The van der Waals surface area contributed by atoms with Crippen LogP contribution in [0.4, 0.5) is 0 Å².